The van der Waals surface area contributed by atoms with Crippen molar-refractivity contribution >= 4 is 46.7 Å². The summed E-state index contributed by atoms with van der Waals surface area (Å²) in [5.74, 6) is -0.202. The topological polar surface area (TPSA) is 71.8 Å². The zero-order valence-electron chi connectivity index (χ0n) is 15.3. The number of carbonyl (C=O) groups excluding carboxylic acids is 1. The van der Waals surface area contributed by atoms with Gasteiger partial charge in [-0.15, -0.1) is 5.10 Å². The number of nitrogens with one attached hydrogen (secondary N) is 2. The molecule has 2 heterocycles. The fourth-order valence-corrected chi connectivity index (χ4v) is 3.46. The standard InChI is InChI=1S/C20H16Cl2FN5O/c1-2-17(29)25-19-26-20-24-15(11-6-8-12(21)9-7-11)10-16(28(20)27-19)18-13(22)4-3-5-14(18)23/h3-10,16H,2H2,1H3,(H2,24,25,26,27,29)/t16-/m1/s1. The van der Waals surface area contributed by atoms with Crippen molar-refractivity contribution in [2.45, 2.75) is 19.4 Å². The predicted octanol–water partition coefficient (Wildman–Crippen LogP) is 5.13. The molecule has 1 atom stereocenters. The third-order valence-electron chi connectivity index (χ3n) is 4.49. The molecule has 1 aliphatic heterocycles. The zero-order chi connectivity index (χ0) is 20.5. The SMILES string of the molecule is CCC(=O)Nc1nc2n(n1)[C@@H](c1c(F)cccc1Cl)C=C(c1ccc(Cl)cc1)N2. The third kappa shape index (κ3) is 3.83. The van der Waals surface area contributed by atoms with Gasteiger partial charge in [0.25, 0.3) is 5.95 Å². The molecule has 0 aliphatic carbocycles. The van der Waals surface area contributed by atoms with Crippen molar-refractivity contribution in [2.75, 3.05) is 10.6 Å². The van der Waals surface area contributed by atoms with Crippen molar-refractivity contribution in [1.82, 2.24) is 14.8 Å². The van der Waals surface area contributed by atoms with E-state index in [4.69, 9.17) is 23.2 Å². The number of carbonyl (C=O) groups is 1. The summed E-state index contributed by atoms with van der Waals surface area (Å²) in [6.07, 6.45) is 2.09. The van der Waals surface area contributed by atoms with E-state index in [2.05, 4.69) is 20.7 Å². The lowest BCUT2D eigenvalue weighted by Crippen LogP contribution is -2.21. The molecule has 0 spiro atoms. The fourth-order valence-electron chi connectivity index (χ4n) is 3.06. The number of allylic oxidation sites excluding steroid dienone is 1. The second kappa shape index (κ2) is 7.85. The number of rotatable bonds is 4. The van der Waals surface area contributed by atoms with Crippen molar-refractivity contribution in [1.29, 1.82) is 0 Å². The van der Waals surface area contributed by atoms with Crippen LogP contribution in [0.2, 0.25) is 10.0 Å². The van der Waals surface area contributed by atoms with Crippen molar-refractivity contribution < 1.29 is 9.18 Å². The van der Waals surface area contributed by atoms with Gasteiger partial charge in [0.05, 0.1) is 0 Å². The largest absolute Gasteiger partial charge is 0.324 e. The number of benzene rings is 2. The Labute approximate surface area is 176 Å². The molecule has 4 rings (SSSR count). The molecule has 2 aromatic carbocycles. The summed E-state index contributed by atoms with van der Waals surface area (Å²) < 4.78 is 16.2. The van der Waals surface area contributed by atoms with Gasteiger partial charge in [0.2, 0.25) is 11.9 Å². The normalized spacial score (nSPS) is 15.3. The molecule has 1 aliphatic rings. The van der Waals surface area contributed by atoms with Gasteiger partial charge in [-0.05, 0) is 35.9 Å². The minimum atomic E-state index is -0.662. The molecule has 0 bridgehead atoms. The molecule has 0 fully saturated rings. The van der Waals surface area contributed by atoms with Crippen LogP contribution in [0.1, 0.15) is 30.5 Å². The van der Waals surface area contributed by atoms with Crippen molar-refractivity contribution in [3.63, 3.8) is 0 Å². The smallest absolute Gasteiger partial charge is 0.250 e. The highest BCUT2D eigenvalue weighted by Gasteiger charge is 2.29. The highest BCUT2D eigenvalue weighted by molar-refractivity contribution is 6.31. The Morgan fingerprint density at radius 3 is 2.69 bits per heavy atom. The maximum Gasteiger partial charge on any atom is 0.250 e. The number of hydrogen-bond donors (Lipinski definition) is 2. The van der Waals surface area contributed by atoms with E-state index >= 15 is 0 Å². The van der Waals surface area contributed by atoms with Crippen molar-refractivity contribution in [3.8, 4) is 0 Å². The number of anilines is 2. The van der Waals surface area contributed by atoms with Gasteiger partial charge in [-0.2, -0.15) is 4.98 Å². The van der Waals surface area contributed by atoms with Crippen LogP contribution in [0.5, 0.6) is 0 Å². The van der Waals surface area contributed by atoms with Crippen LogP contribution in [0.15, 0.2) is 48.5 Å². The number of aromatic nitrogens is 3. The minimum Gasteiger partial charge on any atom is -0.324 e. The van der Waals surface area contributed by atoms with Crippen molar-refractivity contribution in [3.05, 3.63) is 75.5 Å². The van der Waals surface area contributed by atoms with E-state index in [9.17, 15) is 9.18 Å². The molecule has 0 unspecified atom stereocenters. The van der Waals surface area contributed by atoms with Crippen LogP contribution in [-0.2, 0) is 4.79 Å². The van der Waals surface area contributed by atoms with Gasteiger partial charge in [-0.25, -0.2) is 9.07 Å². The maximum atomic E-state index is 14.7. The van der Waals surface area contributed by atoms with E-state index < -0.39 is 11.9 Å². The summed E-state index contributed by atoms with van der Waals surface area (Å²) in [6.45, 7) is 1.73. The maximum absolute atomic E-state index is 14.7. The van der Waals surface area contributed by atoms with Gasteiger partial charge < -0.3 is 5.32 Å². The van der Waals surface area contributed by atoms with Crippen LogP contribution >= 0.6 is 23.2 Å². The number of amides is 1. The van der Waals surface area contributed by atoms with Gasteiger partial charge in [0, 0.05) is 27.7 Å². The van der Waals surface area contributed by atoms with Crippen LogP contribution < -0.4 is 10.6 Å². The molecule has 0 saturated carbocycles. The molecule has 9 heteroatoms. The molecule has 29 heavy (non-hydrogen) atoms. The molecular weight excluding hydrogens is 416 g/mol. The molecule has 6 nitrogen and oxygen atoms in total. The van der Waals surface area contributed by atoms with Crippen LogP contribution in [0.25, 0.3) is 5.70 Å². The van der Waals surface area contributed by atoms with E-state index in [1.165, 1.54) is 10.7 Å². The highest BCUT2D eigenvalue weighted by atomic mass is 35.5. The summed E-state index contributed by atoms with van der Waals surface area (Å²) in [4.78, 5) is 16.1. The van der Waals surface area contributed by atoms with E-state index in [0.717, 1.165) is 5.56 Å². The zero-order valence-corrected chi connectivity index (χ0v) is 16.8. The first-order valence-electron chi connectivity index (χ1n) is 8.91. The Hall–Kier alpha value is -2.90. The summed E-state index contributed by atoms with van der Waals surface area (Å²) >= 11 is 12.3. The molecule has 1 aromatic heterocycles. The average Bonchev–Trinajstić information content (AvgIpc) is 3.10. The van der Waals surface area contributed by atoms with E-state index in [1.807, 2.05) is 12.1 Å². The Balaban J connectivity index is 1.83. The lowest BCUT2D eigenvalue weighted by Gasteiger charge is -2.25. The van der Waals surface area contributed by atoms with Gasteiger partial charge in [-0.3, -0.25) is 10.1 Å². The average molecular weight is 432 g/mol. The van der Waals surface area contributed by atoms with Gasteiger partial charge in [0.15, 0.2) is 0 Å². The third-order valence-corrected chi connectivity index (χ3v) is 5.07. The monoisotopic (exact) mass is 431 g/mol. The molecule has 2 N–H and O–H groups in total. The first kappa shape index (κ1) is 19.4. The summed E-state index contributed by atoms with van der Waals surface area (Å²) in [5.41, 5.74) is 1.79. The van der Waals surface area contributed by atoms with Gasteiger partial charge >= 0.3 is 0 Å². The van der Waals surface area contributed by atoms with Crippen LogP contribution in [-0.4, -0.2) is 20.7 Å². The fraction of sp³-hybridized carbons (Fsp3) is 0.150. The summed E-state index contributed by atoms with van der Waals surface area (Å²) in [6, 6.07) is 11.0. The van der Waals surface area contributed by atoms with Crippen molar-refractivity contribution in [2.24, 2.45) is 0 Å². The molecule has 0 saturated heterocycles. The van der Waals surface area contributed by atoms with E-state index in [1.54, 1.807) is 37.3 Å². The highest BCUT2D eigenvalue weighted by Crippen LogP contribution is 2.37. The lowest BCUT2D eigenvalue weighted by molar-refractivity contribution is -0.115. The number of halogens is 3. The first-order valence-corrected chi connectivity index (χ1v) is 9.67. The van der Waals surface area contributed by atoms with E-state index in [-0.39, 0.29) is 28.9 Å². The Bertz CT molecular complexity index is 1090. The number of hydrogen-bond acceptors (Lipinski definition) is 4. The lowest BCUT2D eigenvalue weighted by atomic mass is 10.0. The summed E-state index contributed by atoms with van der Waals surface area (Å²) in [7, 11) is 0. The summed E-state index contributed by atoms with van der Waals surface area (Å²) in [5, 5.41) is 11.0. The van der Waals surface area contributed by atoms with Gasteiger partial charge in [0.1, 0.15) is 11.9 Å². The van der Waals surface area contributed by atoms with E-state index in [0.29, 0.717) is 16.7 Å². The first-order chi connectivity index (χ1) is 14.0. The molecule has 1 amide bonds. The predicted molar refractivity (Wildman–Crippen MR) is 112 cm³/mol. The van der Waals surface area contributed by atoms with Crippen LogP contribution in [0, 0.1) is 5.82 Å². The molecule has 148 valence electrons. The molecule has 3 aromatic rings. The second-order valence-corrected chi connectivity index (χ2v) is 7.24. The minimum absolute atomic E-state index is 0.127. The van der Waals surface area contributed by atoms with Crippen LogP contribution in [0.3, 0.4) is 0 Å². The second-order valence-electron chi connectivity index (χ2n) is 6.40. The quantitative estimate of drug-likeness (QED) is 0.600. The Morgan fingerprint density at radius 2 is 2.00 bits per heavy atom. The number of nitrogens with zero attached hydrogens (tertiary/aromatic N) is 3. The molecular formula is C20H16Cl2FN5O. The molecule has 0 radical (unpaired) electrons. The van der Waals surface area contributed by atoms with Gasteiger partial charge in [-0.1, -0.05) is 48.3 Å². The Kier molecular flexibility index (Phi) is 5.25. The Morgan fingerprint density at radius 1 is 1.24 bits per heavy atom. The number of fused-ring (bicyclic) bond motifs is 1. The van der Waals surface area contributed by atoms with Crippen LogP contribution in [0.4, 0.5) is 16.3 Å².